The first-order valence-corrected chi connectivity index (χ1v) is 11.0. The fourth-order valence-corrected chi connectivity index (χ4v) is 5.35. The maximum Gasteiger partial charge on any atom is 0.237 e. The van der Waals surface area contributed by atoms with E-state index in [1.54, 1.807) is 0 Å². The van der Waals surface area contributed by atoms with Crippen molar-refractivity contribution in [3.05, 3.63) is 35.4 Å². The number of piperazine rings is 1. The molecule has 0 N–H and O–H groups in total. The summed E-state index contributed by atoms with van der Waals surface area (Å²) < 4.78 is 0. The van der Waals surface area contributed by atoms with Crippen LogP contribution in [0.15, 0.2) is 24.3 Å². The van der Waals surface area contributed by atoms with Gasteiger partial charge in [0.2, 0.25) is 5.91 Å². The molecule has 1 saturated carbocycles. The lowest BCUT2D eigenvalue weighted by atomic mass is 9.78. The highest BCUT2D eigenvalue weighted by Crippen LogP contribution is 2.35. The van der Waals surface area contributed by atoms with Crippen LogP contribution in [0.1, 0.15) is 49.7 Å². The second-order valence-electron chi connectivity index (χ2n) is 8.82. The predicted octanol–water partition coefficient (Wildman–Crippen LogP) is 3.29. The summed E-state index contributed by atoms with van der Waals surface area (Å²) in [5, 5.41) is 0. The monoisotopic (exact) mass is 369 g/mol. The second kappa shape index (κ2) is 8.74. The minimum atomic E-state index is 0.388. The van der Waals surface area contributed by atoms with E-state index in [0.717, 1.165) is 45.2 Å². The fourth-order valence-electron chi connectivity index (χ4n) is 5.35. The van der Waals surface area contributed by atoms with Crippen molar-refractivity contribution in [2.75, 3.05) is 39.3 Å². The number of amides is 1. The van der Waals surface area contributed by atoms with Gasteiger partial charge in [0.25, 0.3) is 0 Å². The van der Waals surface area contributed by atoms with Crippen molar-refractivity contribution in [1.29, 1.82) is 0 Å². The summed E-state index contributed by atoms with van der Waals surface area (Å²) in [6.45, 7) is 9.00. The average Bonchev–Trinajstić information content (AvgIpc) is 2.70. The number of likely N-dealkylation sites (tertiary alicyclic amines) is 1. The molecule has 148 valence electrons. The molecule has 2 aliphatic heterocycles. The minimum Gasteiger partial charge on any atom is -0.338 e. The lowest BCUT2D eigenvalue weighted by Crippen LogP contribution is -2.54. The predicted molar refractivity (Wildman–Crippen MR) is 110 cm³/mol. The molecule has 0 radical (unpaired) electrons. The van der Waals surface area contributed by atoms with Crippen LogP contribution in [0, 0.1) is 12.8 Å². The van der Waals surface area contributed by atoms with E-state index in [2.05, 4.69) is 45.9 Å². The van der Waals surface area contributed by atoms with Crippen LogP contribution >= 0.6 is 0 Å². The summed E-state index contributed by atoms with van der Waals surface area (Å²) in [6, 6.07) is 9.22. The number of aryl methyl sites for hydroxylation is 1. The zero-order chi connectivity index (χ0) is 18.6. The second-order valence-corrected chi connectivity index (χ2v) is 8.82. The highest BCUT2D eigenvalue weighted by Gasteiger charge is 2.36. The average molecular weight is 370 g/mol. The first kappa shape index (κ1) is 18.9. The van der Waals surface area contributed by atoms with Gasteiger partial charge in [0, 0.05) is 45.3 Å². The van der Waals surface area contributed by atoms with Crippen molar-refractivity contribution >= 4 is 5.91 Å². The highest BCUT2D eigenvalue weighted by molar-refractivity contribution is 5.78. The van der Waals surface area contributed by atoms with Crippen LogP contribution < -0.4 is 0 Å². The summed E-state index contributed by atoms with van der Waals surface area (Å²) in [7, 11) is 0. The van der Waals surface area contributed by atoms with Crippen molar-refractivity contribution in [2.45, 2.75) is 58.0 Å². The van der Waals surface area contributed by atoms with E-state index in [1.807, 2.05) is 0 Å². The van der Waals surface area contributed by atoms with Crippen molar-refractivity contribution in [2.24, 2.45) is 5.92 Å². The topological polar surface area (TPSA) is 26.8 Å². The number of piperidine rings is 1. The minimum absolute atomic E-state index is 0.388. The van der Waals surface area contributed by atoms with Crippen LogP contribution in [0.3, 0.4) is 0 Å². The van der Waals surface area contributed by atoms with Crippen LogP contribution in [0.2, 0.25) is 0 Å². The van der Waals surface area contributed by atoms with E-state index < -0.39 is 0 Å². The molecular formula is C23H35N3O. The Labute approximate surface area is 164 Å². The van der Waals surface area contributed by atoms with Crippen molar-refractivity contribution in [1.82, 2.24) is 14.7 Å². The van der Waals surface area contributed by atoms with Crippen LogP contribution in [0.25, 0.3) is 0 Å². The quantitative estimate of drug-likeness (QED) is 0.815. The molecule has 0 aromatic heterocycles. The van der Waals surface area contributed by atoms with Gasteiger partial charge in [0.15, 0.2) is 0 Å². The van der Waals surface area contributed by atoms with Crippen molar-refractivity contribution < 1.29 is 4.79 Å². The van der Waals surface area contributed by atoms with Gasteiger partial charge in [-0.2, -0.15) is 0 Å². The molecule has 0 spiro atoms. The summed E-state index contributed by atoms with van der Waals surface area (Å²) in [5.41, 5.74) is 2.81. The number of rotatable bonds is 4. The molecule has 1 aromatic carbocycles. The summed E-state index contributed by atoms with van der Waals surface area (Å²) in [5.74, 6) is 1.17. The largest absolute Gasteiger partial charge is 0.338 e. The van der Waals surface area contributed by atoms with E-state index in [-0.39, 0.29) is 0 Å². The smallest absolute Gasteiger partial charge is 0.237 e. The lowest BCUT2D eigenvalue weighted by molar-refractivity contribution is -0.139. The van der Waals surface area contributed by atoms with Gasteiger partial charge in [0.05, 0.1) is 6.54 Å². The van der Waals surface area contributed by atoms with Gasteiger partial charge >= 0.3 is 0 Å². The molecule has 1 aliphatic carbocycles. The zero-order valence-electron chi connectivity index (χ0n) is 16.9. The molecule has 27 heavy (non-hydrogen) atoms. The van der Waals surface area contributed by atoms with E-state index in [1.165, 1.54) is 49.7 Å². The number of benzene rings is 1. The van der Waals surface area contributed by atoms with Crippen LogP contribution in [0.5, 0.6) is 0 Å². The maximum atomic E-state index is 13.0. The lowest BCUT2D eigenvalue weighted by Gasteiger charge is -2.45. The Hall–Kier alpha value is -1.39. The Bertz CT molecular complexity index is 636. The molecule has 4 rings (SSSR count). The van der Waals surface area contributed by atoms with Crippen LogP contribution in [0.4, 0.5) is 0 Å². The molecule has 4 heteroatoms. The summed E-state index contributed by atoms with van der Waals surface area (Å²) >= 11 is 0. The Morgan fingerprint density at radius 1 is 0.926 bits per heavy atom. The Morgan fingerprint density at radius 3 is 2.44 bits per heavy atom. The summed E-state index contributed by atoms with van der Waals surface area (Å²) in [6.07, 6.45) is 7.80. The van der Waals surface area contributed by atoms with Gasteiger partial charge in [-0.1, -0.05) is 37.1 Å². The summed E-state index contributed by atoms with van der Waals surface area (Å²) in [4.78, 5) is 20.2. The third kappa shape index (κ3) is 4.55. The molecule has 2 saturated heterocycles. The molecule has 2 unspecified atom stereocenters. The third-order valence-electron chi connectivity index (χ3n) is 7.04. The van der Waals surface area contributed by atoms with Gasteiger partial charge < -0.3 is 4.90 Å². The Kier molecular flexibility index (Phi) is 6.14. The van der Waals surface area contributed by atoms with Gasteiger partial charge in [-0.3, -0.25) is 14.6 Å². The SMILES string of the molecule is Cc1ccccc1CN1CCN(CC(=O)N2CCCC3CCCCC32)CC1. The molecule has 2 atom stereocenters. The number of fused-ring (bicyclic) bond motifs is 1. The van der Waals surface area contributed by atoms with E-state index in [0.29, 0.717) is 18.5 Å². The number of hydrogen-bond donors (Lipinski definition) is 0. The van der Waals surface area contributed by atoms with Crippen LogP contribution in [-0.2, 0) is 11.3 Å². The number of nitrogens with zero attached hydrogens (tertiary/aromatic N) is 3. The zero-order valence-corrected chi connectivity index (χ0v) is 16.9. The van der Waals surface area contributed by atoms with Gasteiger partial charge in [-0.15, -0.1) is 0 Å². The molecule has 1 aromatic rings. The number of carbonyl (C=O) groups excluding carboxylic acids is 1. The number of carbonyl (C=O) groups is 1. The molecule has 0 bridgehead atoms. The Balaban J connectivity index is 1.26. The van der Waals surface area contributed by atoms with E-state index in [9.17, 15) is 4.79 Å². The molecule has 1 amide bonds. The molecule has 4 nitrogen and oxygen atoms in total. The molecular weight excluding hydrogens is 334 g/mol. The van der Waals surface area contributed by atoms with Gasteiger partial charge in [-0.05, 0) is 49.7 Å². The van der Waals surface area contributed by atoms with Crippen molar-refractivity contribution in [3.63, 3.8) is 0 Å². The maximum absolute atomic E-state index is 13.0. The molecule has 3 fully saturated rings. The first-order chi connectivity index (χ1) is 13.2. The third-order valence-corrected chi connectivity index (χ3v) is 7.04. The first-order valence-electron chi connectivity index (χ1n) is 11.0. The van der Waals surface area contributed by atoms with Gasteiger partial charge in [0.1, 0.15) is 0 Å². The molecule has 3 aliphatic rings. The van der Waals surface area contributed by atoms with Crippen molar-refractivity contribution in [3.8, 4) is 0 Å². The Morgan fingerprint density at radius 2 is 1.63 bits per heavy atom. The number of hydrogen-bond acceptors (Lipinski definition) is 3. The van der Waals surface area contributed by atoms with Gasteiger partial charge in [-0.25, -0.2) is 0 Å². The van der Waals surface area contributed by atoms with Crippen LogP contribution in [-0.4, -0.2) is 65.9 Å². The normalized spacial score (nSPS) is 27.4. The highest BCUT2D eigenvalue weighted by atomic mass is 16.2. The van der Waals surface area contributed by atoms with E-state index in [4.69, 9.17) is 0 Å². The fraction of sp³-hybridized carbons (Fsp3) is 0.696. The molecule has 2 heterocycles. The standard InChI is InChI=1S/C23H35N3O/c1-19-7-2-3-9-21(19)17-24-13-15-25(16-14-24)18-23(27)26-12-6-10-20-8-4-5-11-22(20)26/h2-3,7,9,20,22H,4-6,8,10-18H2,1H3. The van der Waals surface area contributed by atoms with E-state index >= 15 is 0 Å².